The molecule has 0 saturated carbocycles. The molecular formula is C14H14N4O2. The summed E-state index contributed by atoms with van der Waals surface area (Å²) in [7, 11) is 0. The van der Waals surface area contributed by atoms with Crippen molar-refractivity contribution in [2.75, 3.05) is 11.4 Å². The second-order valence-corrected chi connectivity index (χ2v) is 4.81. The van der Waals surface area contributed by atoms with E-state index in [1.54, 1.807) is 6.07 Å². The average Bonchev–Trinajstić information content (AvgIpc) is 3.06. The van der Waals surface area contributed by atoms with E-state index in [0.29, 0.717) is 12.4 Å². The molecule has 1 saturated heterocycles. The molecule has 1 atom stereocenters. The molecule has 2 amide bonds. The second-order valence-electron chi connectivity index (χ2n) is 4.81. The molecule has 20 heavy (non-hydrogen) atoms. The van der Waals surface area contributed by atoms with E-state index >= 15 is 0 Å². The molecule has 0 aliphatic carbocycles. The number of hydrogen-bond acceptors (Lipinski definition) is 3. The Bertz CT molecular complexity index is 650. The molecule has 1 aliphatic rings. The largest absolute Gasteiger partial charge is 0.369 e. The third-order valence-electron chi connectivity index (χ3n) is 3.45. The Hall–Kier alpha value is -2.63. The molecule has 0 spiro atoms. The van der Waals surface area contributed by atoms with E-state index in [2.05, 4.69) is 10.2 Å². The Morgan fingerprint density at radius 3 is 2.75 bits per heavy atom. The summed E-state index contributed by atoms with van der Waals surface area (Å²) in [6.45, 7) is 0.299. The van der Waals surface area contributed by atoms with Crippen LogP contribution in [0, 0.1) is 5.92 Å². The Kier molecular flexibility index (Phi) is 2.98. The summed E-state index contributed by atoms with van der Waals surface area (Å²) in [4.78, 5) is 24.6. The van der Waals surface area contributed by atoms with Gasteiger partial charge >= 0.3 is 0 Å². The van der Waals surface area contributed by atoms with Gasteiger partial charge in [-0.15, -0.1) is 0 Å². The highest BCUT2D eigenvalue weighted by Crippen LogP contribution is 2.26. The number of benzene rings is 1. The normalized spacial score (nSPS) is 18.5. The Labute approximate surface area is 115 Å². The number of carbonyl (C=O) groups excluding carboxylic acids is 2. The van der Waals surface area contributed by atoms with Gasteiger partial charge in [-0.05, 0) is 5.56 Å². The lowest BCUT2D eigenvalue weighted by Crippen LogP contribution is -2.28. The van der Waals surface area contributed by atoms with Gasteiger partial charge in [-0.1, -0.05) is 30.3 Å². The fourth-order valence-corrected chi connectivity index (χ4v) is 2.33. The van der Waals surface area contributed by atoms with E-state index in [1.165, 1.54) is 4.90 Å². The van der Waals surface area contributed by atoms with Crippen LogP contribution in [0.3, 0.4) is 0 Å². The first-order valence-corrected chi connectivity index (χ1v) is 6.35. The number of primary amides is 1. The number of amides is 2. The zero-order valence-electron chi connectivity index (χ0n) is 10.7. The number of nitrogens with zero attached hydrogens (tertiary/aromatic N) is 2. The molecule has 1 unspecified atom stereocenters. The minimum atomic E-state index is -0.445. The Morgan fingerprint density at radius 2 is 2.10 bits per heavy atom. The minimum absolute atomic E-state index is 0.125. The van der Waals surface area contributed by atoms with Gasteiger partial charge < -0.3 is 5.73 Å². The SMILES string of the molecule is NC(=O)C1CC(=O)N(c2cc(-c3ccccc3)[nH]n2)C1. The summed E-state index contributed by atoms with van der Waals surface area (Å²) in [5.41, 5.74) is 7.07. The maximum absolute atomic E-state index is 11.9. The van der Waals surface area contributed by atoms with Gasteiger partial charge in [-0.3, -0.25) is 19.6 Å². The molecule has 6 nitrogen and oxygen atoms in total. The average molecular weight is 270 g/mol. The lowest BCUT2D eigenvalue weighted by molar-refractivity contribution is -0.123. The summed E-state index contributed by atoms with van der Waals surface area (Å²) in [6.07, 6.45) is 0.156. The van der Waals surface area contributed by atoms with Gasteiger partial charge in [0.2, 0.25) is 11.8 Å². The number of carbonyl (C=O) groups is 2. The third-order valence-corrected chi connectivity index (χ3v) is 3.45. The standard InChI is InChI=1S/C14H14N4O2/c15-14(20)10-6-13(19)18(8-10)12-7-11(16-17-12)9-4-2-1-3-5-9/h1-5,7,10H,6,8H2,(H2,15,20)(H,16,17). The topological polar surface area (TPSA) is 92.1 Å². The van der Waals surface area contributed by atoms with E-state index in [9.17, 15) is 9.59 Å². The Morgan fingerprint density at radius 1 is 1.35 bits per heavy atom. The molecule has 102 valence electrons. The molecule has 1 fully saturated rings. The molecular weight excluding hydrogens is 256 g/mol. The molecule has 1 aromatic heterocycles. The van der Waals surface area contributed by atoms with Crippen LogP contribution in [0.1, 0.15) is 6.42 Å². The van der Waals surface area contributed by atoms with Crippen molar-refractivity contribution in [1.82, 2.24) is 10.2 Å². The predicted octanol–water partition coefficient (Wildman–Crippen LogP) is 0.915. The van der Waals surface area contributed by atoms with Gasteiger partial charge in [-0.2, -0.15) is 5.10 Å². The van der Waals surface area contributed by atoms with E-state index in [0.717, 1.165) is 11.3 Å². The van der Waals surface area contributed by atoms with Crippen LogP contribution in [0.25, 0.3) is 11.3 Å². The molecule has 3 N–H and O–H groups in total. The van der Waals surface area contributed by atoms with Gasteiger partial charge in [0, 0.05) is 19.0 Å². The van der Waals surface area contributed by atoms with Crippen LogP contribution in [-0.2, 0) is 9.59 Å². The van der Waals surface area contributed by atoms with Crippen molar-refractivity contribution in [2.45, 2.75) is 6.42 Å². The summed E-state index contributed by atoms with van der Waals surface area (Å²) in [6, 6.07) is 11.5. The zero-order chi connectivity index (χ0) is 14.1. The second kappa shape index (κ2) is 4.80. The quantitative estimate of drug-likeness (QED) is 0.868. The van der Waals surface area contributed by atoms with Crippen LogP contribution < -0.4 is 10.6 Å². The number of anilines is 1. The smallest absolute Gasteiger partial charge is 0.229 e. The van der Waals surface area contributed by atoms with Crippen molar-refractivity contribution in [2.24, 2.45) is 11.7 Å². The van der Waals surface area contributed by atoms with E-state index in [1.807, 2.05) is 30.3 Å². The molecule has 1 aromatic carbocycles. The molecule has 1 aliphatic heterocycles. The zero-order valence-corrected chi connectivity index (χ0v) is 10.7. The van der Waals surface area contributed by atoms with Gasteiger partial charge in [0.15, 0.2) is 5.82 Å². The maximum atomic E-state index is 11.9. The van der Waals surface area contributed by atoms with Crippen molar-refractivity contribution >= 4 is 17.6 Å². The number of H-pyrrole nitrogens is 1. The molecule has 3 rings (SSSR count). The van der Waals surface area contributed by atoms with Crippen molar-refractivity contribution in [1.29, 1.82) is 0 Å². The van der Waals surface area contributed by atoms with Crippen LogP contribution in [-0.4, -0.2) is 28.6 Å². The predicted molar refractivity (Wildman–Crippen MR) is 73.7 cm³/mol. The fraction of sp³-hybridized carbons (Fsp3) is 0.214. The summed E-state index contributed by atoms with van der Waals surface area (Å²) >= 11 is 0. The number of hydrogen-bond donors (Lipinski definition) is 2. The van der Waals surface area contributed by atoms with Crippen molar-refractivity contribution in [3.63, 3.8) is 0 Å². The third kappa shape index (κ3) is 2.16. The first-order valence-electron chi connectivity index (χ1n) is 6.35. The number of rotatable bonds is 3. The van der Waals surface area contributed by atoms with Crippen molar-refractivity contribution in [3.8, 4) is 11.3 Å². The van der Waals surface area contributed by atoms with Crippen LogP contribution in [0.2, 0.25) is 0 Å². The minimum Gasteiger partial charge on any atom is -0.369 e. The Balaban J connectivity index is 1.84. The summed E-state index contributed by atoms with van der Waals surface area (Å²) < 4.78 is 0. The van der Waals surface area contributed by atoms with Gasteiger partial charge in [0.05, 0.1) is 11.6 Å². The van der Waals surface area contributed by atoms with Crippen LogP contribution in [0.5, 0.6) is 0 Å². The van der Waals surface area contributed by atoms with Crippen LogP contribution in [0.15, 0.2) is 36.4 Å². The highest BCUT2D eigenvalue weighted by Gasteiger charge is 2.35. The van der Waals surface area contributed by atoms with E-state index in [4.69, 9.17) is 5.73 Å². The molecule has 0 radical (unpaired) electrons. The molecule has 2 aromatic rings. The van der Waals surface area contributed by atoms with Crippen LogP contribution >= 0.6 is 0 Å². The van der Waals surface area contributed by atoms with Crippen LogP contribution in [0.4, 0.5) is 5.82 Å². The number of aromatic amines is 1. The molecule has 2 heterocycles. The number of aromatic nitrogens is 2. The highest BCUT2D eigenvalue weighted by atomic mass is 16.2. The lowest BCUT2D eigenvalue weighted by Gasteiger charge is -2.11. The molecule has 0 bridgehead atoms. The van der Waals surface area contributed by atoms with Gasteiger partial charge in [0.25, 0.3) is 0 Å². The maximum Gasteiger partial charge on any atom is 0.229 e. The summed E-state index contributed by atoms with van der Waals surface area (Å²) in [5, 5.41) is 7.05. The number of nitrogens with two attached hydrogens (primary N) is 1. The van der Waals surface area contributed by atoms with E-state index in [-0.39, 0.29) is 12.3 Å². The van der Waals surface area contributed by atoms with E-state index < -0.39 is 11.8 Å². The highest BCUT2D eigenvalue weighted by molar-refractivity contribution is 5.99. The first kappa shape index (κ1) is 12.4. The first-order chi connectivity index (χ1) is 9.65. The lowest BCUT2D eigenvalue weighted by atomic mass is 10.1. The summed E-state index contributed by atoms with van der Waals surface area (Å²) in [5.74, 6) is -0.475. The van der Waals surface area contributed by atoms with Crippen molar-refractivity contribution in [3.05, 3.63) is 36.4 Å². The number of nitrogens with one attached hydrogen (secondary N) is 1. The van der Waals surface area contributed by atoms with Gasteiger partial charge in [0.1, 0.15) is 0 Å². The monoisotopic (exact) mass is 270 g/mol. The fourth-order valence-electron chi connectivity index (χ4n) is 2.33. The molecule has 6 heteroatoms. The van der Waals surface area contributed by atoms with Crippen molar-refractivity contribution < 1.29 is 9.59 Å². The van der Waals surface area contributed by atoms with Gasteiger partial charge in [-0.25, -0.2) is 0 Å².